The summed E-state index contributed by atoms with van der Waals surface area (Å²) in [5.74, 6) is 1.96. The quantitative estimate of drug-likeness (QED) is 0.835. The molecule has 1 aliphatic carbocycles. The minimum absolute atomic E-state index is 0.637. The van der Waals surface area contributed by atoms with E-state index >= 15 is 0 Å². The van der Waals surface area contributed by atoms with E-state index in [0.29, 0.717) is 6.04 Å². The summed E-state index contributed by atoms with van der Waals surface area (Å²) < 4.78 is 5.57. The number of nitrogens with one attached hydrogen (secondary N) is 1. The zero-order valence-electron chi connectivity index (χ0n) is 12.7. The smallest absolute Gasteiger partial charge is 0.122 e. The Hall–Kier alpha value is -1.02. The van der Waals surface area contributed by atoms with Gasteiger partial charge in [-0.15, -0.1) is 0 Å². The monoisotopic (exact) mass is 273 g/mol. The lowest BCUT2D eigenvalue weighted by atomic mass is 9.93. The Bertz CT molecular complexity index is 435. The summed E-state index contributed by atoms with van der Waals surface area (Å²) in [7, 11) is 0. The van der Waals surface area contributed by atoms with Gasteiger partial charge in [-0.25, -0.2) is 0 Å². The van der Waals surface area contributed by atoms with Crippen LogP contribution in [0.3, 0.4) is 0 Å². The van der Waals surface area contributed by atoms with E-state index in [1.807, 2.05) is 0 Å². The first kappa shape index (κ1) is 13.9. The van der Waals surface area contributed by atoms with E-state index in [1.165, 1.54) is 49.7 Å². The van der Waals surface area contributed by atoms with Gasteiger partial charge in [0.2, 0.25) is 0 Å². The molecular weight excluding hydrogens is 246 g/mol. The van der Waals surface area contributed by atoms with Crippen molar-refractivity contribution in [3.63, 3.8) is 0 Å². The van der Waals surface area contributed by atoms with Crippen molar-refractivity contribution in [2.45, 2.75) is 64.5 Å². The molecule has 2 heteroatoms. The molecule has 1 heterocycles. The van der Waals surface area contributed by atoms with Crippen LogP contribution in [0.25, 0.3) is 0 Å². The fourth-order valence-corrected chi connectivity index (χ4v) is 3.61. The molecule has 1 N–H and O–H groups in total. The number of fused-ring (bicyclic) bond motifs is 1. The second-order valence-electron chi connectivity index (χ2n) is 6.46. The van der Waals surface area contributed by atoms with Gasteiger partial charge in [-0.2, -0.15) is 0 Å². The van der Waals surface area contributed by atoms with Gasteiger partial charge in [0.05, 0.1) is 6.61 Å². The van der Waals surface area contributed by atoms with Crippen LogP contribution >= 0.6 is 0 Å². The average Bonchev–Trinajstić information content (AvgIpc) is 2.76. The van der Waals surface area contributed by atoms with Crippen molar-refractivity contribution >= 4 is 0 Å². The first-order chi connectivity index (χ1) is 9.83. The minimum Gasteiger partial charge on any atom is -0.493 e. The number of hydrogen-bond acceptors (Lipinski definition) is 2. The van der Waals surface area contributed by atoms with E-state index in [9.17, 15) is 0 Å². The molecule has 1 saturated carbocycles. The standard InChI is InChI=1S/C18H27NO/c1-14(16-6-4-2-3-5-7-16)19-13-15-8-9-18-17(12-15)10-11-20-18/h8-9,12,14,16,19H,2-7,10-11,13H2,1H3/t14-/m0/s1. The van der Waals surface area contributed by atoms with Gasteiger partial charge < -0.3 is 10.1 Å². The molecule has 1 aromatic rings. The molecule has 0 radical (unpaired) electrons. The Balaban J connectivity index is 1.53. The number of ether oxygens (including phenoxy) is 1. The normalized spacial score (nSPS) is 21.1. The van der Waals surface area contributed by atoms with Gasteiger partial charge in [0.25, 0.3) is 0 Å². The van der Waals surface area contributed by atoms with Gasteiger partial charge in [-0.1, -0.05) is 37.8 Å². The van der Waals surface area contributed by atoms with Crippen LogP contribution < -0.4 is 10.1 Å². The summed E-state index contributed by atoms with van der Waals surface area (Å²) in [5.41, 5.74) is 2.78. The third kappa shape index (κ3) is 3.35. The Morgan fingerprint density at radius 1 is 1.20 bits per heavy atom. The molecular formula is C18H27NO. The van der Waals surface area contributed by atoms with E-state index < -0.39 is 0 Å². The fourth-order valence-electron chi connectivity index (χ4n) is 3.61. The van der Waals surface area contributed by atoms with Gasteiger partial charge in [0.15, 0.2) is 0 Å². The Kier molecular flexibility index (Phi) is 4.62. The average molecular weight is 273 g/mol. The van der Waals surface area contributed by atoms with Crippen LogP contribution in [0.5, 0.6) is 5.75 Å². The minimum atomic E-state index is 0.637. The zero-order chi connectivity index (χ0) is 13.8. The third-order valence-corrected chi connectivity index (χ3v) is 4.99. The Labute approximate surface area is 122 Å². The van der Waals surface area contributed by atoms with Gasteiger partial charge in [0, 0.05) is 19.0 Å². The van der Waals surface area contributed by atoms with E-state index in [0.717, 1.165) is 31.2 Å². The highest BCUT2D eigenvalue weighted by Gasteiger charge is 2.19. The van der Waals surface area contributed by atoms with Crippen LogP contribution in [0.1, 0.15) is 56.6 Å². The van der Waals surface area contributed by atoms with E-state index in [4.69, 9.17) is 4.74 Å². The maximum Gasteiger partial charge on any atom is 0.122 e. The van der Waals surface area contributed by atoms with Crippen molar-refractivity contribution in [2.24, 2.45) is 5.92 Å². The highest BCUT2D eigenvalue weighted by molar-refractivity contribution is 5.39. The molecule has 0 amide bonds. The maximum absolute atomic E-state index is 5.57. The predicted octanol–water partition coefficient (Wildman–Crippen LogP) is 4.07. The van der Waals surface area contributed by atoms with E-state index in [2.05, 4.69) is 30.4 Å². The molecule has 3 rings (SSSR count). The molecule has 1 aromatic carbocycles. The van der Waals surface area contributed by atoms with Crippen molar-refractivity contribution in [2.75, 3.05) is 6.61 Å². The summed E-state index contributed by atoms with van der Waals surface area (Å²) >= 11 is 0. The SMILES string of the molecule is C[C@H](NCc1ccc2c(c1)CCO2)C1CCCCCC1. The van der Waals surface area contributed by atoms with Crippen molar-refractivity contribution in [3.8, 4) is 5.75 Å². The van der Waals surface area contributed by atoms with Gasteiger partial charge in [-0.3, -0.25) is 0 Å². The molecule has 20 heavy (non-hydrogen) atoms. The molecule has 2 aliphatic rings. The highest BCUT2D eigenvalue weighted by atomic mass is 16.5. The number of hydrogen-bond donors (Lipinski definition) is 1. The fraction of sp³-hybridized carbons (Fsp3) is 0.667. The van der Waals surface area contributed by atoms with Crippen LogP contribution in [0.15, 0.2) is 18.2 Å². The lowest BCUT2D eigenvalue weighted by molar-refractivity contribution is 0.336. The maximum atomic E-state index is 5.57. The van der Waals surface area contributed by atoms with Crippen molar-refractivity contribution < 1.29 is 4.74 Å². The van der Waals surface area contributed by atoms with Crippen molar-refractivity contribution in [1.82, 2.24) is 5.32 Å². The van der Waals surface area contributed by atoms with Gasteiger partial charge in [0.1, 0.15) is 5.75 Å². The van der Waals surface area contributed by atoms with Crippen LogP contribution in [0.2, 0.25) is 0 Å². The van der Waals surface area contributed by atoms with Crippen molar-refractivity contribution in [3.05, 3.63) is 29.3 Å². The van der Waals surface area contributed by atoms with Gasteiger partial charge in [-0.05, 0) is 42.9 Å². The van der Waals surface area contributed by atoms with Crippen LogP contribution in [0.4, 0.5) is 0 Å². The third-order valence-electron chi connectivity index (χ3n) is 4.99. The zero-order valence-corrected chi connectivity index (χ0v) is 12.7. The number of benzene rings is 1. The predicted molar refractivity (Wildman–Crippen MR) is 83.1 cm³/mol. The second kappa shape index (κ2) is 6.62. The summed E-state index contributed by atoms with van der Waals surface area (Å²) in [6, 6.07) is 7.29. The topological polar surface area (TPSA) is 21.3 Å². The molecule has 0 aromatic heterocycles. The molecule has 2 nitrogen and oxygen atoms in total. The molecule has 1 atom stereocenters. The summed E-state index contributed by atoms with van der Waals surface area (Å²) in [4.78, 5) is 0. The van der Waals surface area contributed by atoms with Gasteiger partial charge >= 0.3 is 0 Å². The van der Waals surface area contributed by atoms with E-state index in [1.54, 1.807) is 0 Å². The van der Waals surface area contributed by atoms with Crippen LogP contribution in [-0.2, 0) is 13.0 Å². The number of rotatable bonds is 4. The molecule has 0 unspecified atom stereocenters. The summed E-state index contributed by atoms with van der Waals surface area (Å²) in [6.07, 6.45) is 9.61. The summed E-state index contributed by atoms with van der Waals surface area (Å²) in [5, 5.41) is 3.75. The second-order valence-corrected chi connectivity index (χ2v) is 6.46. The van der Waals surface area contributed by atoms with E-state index in [-0.39, 0.29) is 0 Å². The van der Waals surface area contributed by atoms with Crippen molar-refractivity contribution in [1.29, 1.82) is 0 Å². The lowest BCUT2D eigenvalue weighted by Gasteiger charge is -2.23. The molecule has 0 bridgehead atoms. The first-order valence-corrected chi connectivity index (χ1v) is 8.31. The largest absolute Gasteiger partial charge is 0.493 e. The highest BCUT2D eigenvalue weighted by Crippen LogP contribution is 2.27. The van der Waals surface area contributed by atoms with Crippen LogP contribution in [-0.4, -0.2) is 12.6 Å². The Morgan fingerprint density at radius 3 is 2.80 bits per heavy atom. The molecule has 110 valence electrons. The molecule has 0 saturated heterocycles. The van der Waals surface area contributed by atoms with Crippen LogP contribution in [0, 0.1) is 5.92 Å². The Morgan fingerprint density at radius 2 is 2.00 bits per heavy atom. The summed E-state index contributed by atoms with van der Waals surface area (Å²) in [6.45, 7) is 4.21. The molecule has 1 aliphatic heterocycles. The lowest BCUT2D eigenvalue weighted by Crippen LogP contribution is -2.32. The first-order valence-electron chi connectivity index (χ1n) is 8.31. The molecule has 1 fully saturated rings. The molecule has 0 spiro atoms.